The quantitative estimate of drug-likeness (QED) is 0.832. The first kappa shape index (κ1) is 16.9. The van der Waals surface area contributed by atoms with E-state index in [1.165, 1.54) is 5.56 Å². The van der Waals surface area contributed by atoms with Gasteiger partial charge in [0, 0.05) is 18.9 Å². The van der Waals surface area contributed by atoms with E-state index in [1.54, 1.807) is 16.7 Å². The number of amides is 1. The zero-order chi connectivity index (χ0) is 17.9. The molecule has 2 aromatic rings. The van der Waals surface area contributed by atoms with Crippen LogP contribution >= 0.6 is 11.8 Å². The van der Waals surface area contributed by atoms with Gasteiger partial charge in [-0.15, -0.1) is 0 Å². The molecule has 0 aromatic heterocycles. The van der Waals surface area contributed by atoms with Gasteiger partial charge in [-0.3, -0.25) is 14.6 Å². The maximum absolute atomic E-state index is 12.8. The van der Waals surface area contributed by atoms with Gasteiger partial charge in [-0.05, 0) is 11.1 Å². The minimum atomic E-state index is -0.131. The average Bonchev–Trinajstić information content (AvgIpc) is 2.69. The van der Waals surface area contributed by atoms with Crippen LogP contribution in [0.3, 0.4) is 0 Å². The number of rotatable bonds is 3. The second kappa shape index (κ2) is 7.36. The summed E-state index contributed by atoms with van der Waals surface area (Å²) in [5.74, 6) is 0.743. The van der Waals surface area contributed by atoms with Crippen LogP contribution < -0.4 is 0 Å². The summed E-state index contributed by atoms with van der Waals surface area (Å²) in [4.78, 5) is 16.8. The predicted octanol–water partition coefficient (Wildman–Crippen LogP) is 3.90. The van der Waals surface area contributed by atoms with Crippen LogP contribution in [-0.2, 0) is 11.3 Å². The number of nitrogens with zero attached hydrogens (tertiary/aromatic N) is 3. The third-order valence-electron chi connectivity index (χ3n) is 4.80. The molecule has 26 heavy (non-hydrogen) atoms. The van der Waals surface area contributed by atoms with E-state index < -0.39 is 0 Å². The van der Waals surface area contributed by atoms with Crippen LogP contribution in [0, 0.1) is 11.3 Å². The number of allylic oxidation sites excluding steroid dienone is 1. The Hall–Kier alpha value is -2.55. The zero-order valence-electron chi connectivity index (χ0n) is 14.3. The van der Waals surface area contributed by atoms with Crippen molar-refractivity contribution in [3.63, 3.8) is 0 Å². The van der Waals surface area contributed by atoms with Gasteiger partial charge in [0.15, 0.2) is 0 Å². The summed E-state index contributed by atoms with van der Waals surface area (Å²) >= 11 is 1.60. The predicted molar refractivity (Wildman–Crippen MR) is 103 cm³/mol. The number of hydrogen-bond donors (Lipinski definition) is 0. The molecular formula is C21H19N3OS. The molecule has 2 heterocycles. The van der Waals surface area contributed by atoms with Crippen LogP contribution in [0.1, 0.15) is 23.5 Å². The van der Waals surface area contributed by atoms with Crippen molar-refractivity contribution >= 4 is 17.7 Å². The van der Waals surface area contributed by atoms with Gasteiger partial charge in [-0.25, -0.2) is 0 Å². The Labute approximate surface area is 157 Å². The van der Waals surface area contributed by atoms with Crippen LogP contribution in [0.5, 0.6) is 0 Å². The number of benzene rings is 2. The van der Waals surface area contributed by atoms with Gasteiger partial charge in [-0.2, -0.15) is 5.26 Å². The van der Waals surface area contributed by atoms with Gasteiger partial charge < -0.3 is 0 Å². The van der Waals surface area contributed by atoms with Crippen molar-refractivity contribution in [1.82, 2.24) is 9.80 Å². The van der Waals surface area contributed by atoms with E-state index in [2.05, 4.69) is 23.1 Å². The molecule has 2 aromatic carbocycles. The fourth-order valence-electron chi connectivity index (χ4n) is 3.52. The van der Waals surface area contributed by atoms with Gasteiger partial charge in [0.1, 0.15) is 0 Å². The van der Waals surface area contributed by atoms with Crippen molar-refractivity contribution in [3.05, 3.63) is 82.4 Å². The lowest BCUT2D eigenvalue weighted by Gasteiger charge is -2.41. The molecule has 1 amide bonds. The molecule has 0 bridgehead atoms. The van der Waals surface area contributed by atoms with Crippen LogP contribution in [0.2, 0.25) is 0 Å². The Bertz CT molecular complexity index is 873. The summed E-state index contributed by atoms with van der Waals surface area (Å²) < 4.78 is 0. The Balaban J connectivity index is 1.59. The molecule has 1 saturated heterocycles. The Morgan fingerprint density at radius 1 is 1.08 bits per heavy atom. The summed E-state index contributed by atoms with van der Waals surface area (Å²) in [5, 5.41) is 10.6. The Morgan fingerprint density at radius 2 is 1.77 bits per heavy atom. The average molecular weight is 361 g/mol. The molecule has 0 aliphatic carbocycles. The van der Waals surface area contributed by atoms with E-state index in [4.69, 9.17) is 0 Å². The second-order valence-electron chi connectivity index (χ2n) is 6.55. The first-order valence-corrected chi connectivity index (χ1v) is 9.63. The van der Waals surface area contributed by atoms with Crippen molar-refractivity contribution in [2.75, 3.05) is 12.5 Å². The minimum absolute atomic E-state index is 0.0955. The van der Waals surface area contributed by atoms with Crippen molar-refractivity contribution < 1.29 is 4.79 Å². The van der Waals surface area contributed by atoms with Gasteiger partial charge in [-0.1, -0.05) is 72.4 Å². The first-order valence-electron chi connectivity index (χ1n) is 8.65. The number of nitriles is 1. The van der Waals surface area contributed by atoms with E-state index in [0.29, 0.717) is 13.1 Å². The van der Waals surface area contributed by atoms with E-state index in [1.807, 2.05) is 48.5 Å². The van der Waals surface area contributed by atoms with Crippen LogP contribution in [0.4, 0.5) is 0 Å². The van der Waals surface area contributed by atoms with Crippen LogP contribution in [0.25, 0.3) is 0 Å². The highest BCUT2D eigenvalue weighted by Crippen LogP contribution is 2.42. The summed E-state index contributed by atoms with van der Waals surface area (Å²) in [6, 6.07) is 22.5. The highest BCUT2D eigenvalue weighted by Gasteiger charge is 2.38. The monoisotopic (exact) mass is 361 g/mol. The maximum atomic E-state index is 12.8. The normalized spacial score (nSPS) is 20.7. The lowest BCUT2D eigenvalue weighted by Crippen LogP contribution is -2.46. The summed E-state index contributed by atoms with van der Waals surface area (Å²) in [6.45, 7) is 1.34. The molecule has 0 spiro atoms. The number of carbonyl (C=O) groups excluding carboxylic acids is 1. The first-order chi connectivity index (χ1) is 12.8. The van der Waals surface area contributed by atoms with Gasteiger partial charge in [0.05, 0.1) is 29.2 Å². The second-order valence-corrected chi connectivity index (χ2v) is 7.48. The van der Waals surface area contributed by atoms with Crippen LogP contribution in [0.15, 0.2) is 71.3 Å². The third-order valence-corrected chi connectivity index (χ3v) is 6.01. The lowest BCUT2D eigenvalue weighted by molar-refractivity contribution is -0.131. The molecule has 0 unspecified atom stereocenters. The third kappa shape index (κ3) is 3.26. The highest BCUT2D eigenvalue weighted by molar-refractivity contribution is 8.03. The van der Waals surface area contributed by atoms with E-state index >= 15 is 0 Å². The zero-order valence-corrected chi connectivity index (χ0v) is 15.2. The summed E-state index contributed by atoms with van der Waals surface area (Å²) in [6.07, 6.45) is 0.357. The molecule has 2 aliphatic heterocycles. The fraction of sp³-hybridized carbons (Fsp3) is 0.238. The van der Waals surface area contributed by atoms with E-state index in [-0.39, 0.29) is 11.8 Å². The number of carbonyl (C=O) groups is 1. The number of hydrogen-bond acceptors (Lipinski definition) is 4. The largest absolute Gasteiger partial charge is 0.292 e. The standard InChI is InChI=1S/C21H19N3OS/c22-12-19-18(17-9-5-2-6-10-17)11-20(25)24-14-23(15-26-21(19)24)13-16-7-3-1-4-8-16/h1-10,18H,11,13-15H2/t18-/m0/s1. The van der Waals surface area contributed by atoms with Crippen molar-refractivity contribution in [1.29, 1.82) is 5.26 Å². The van der Waals surface area contributed by atoms with Crippen LogP contribution in [-0.4, -0.2) is 28.3 Å². The minimum Gasteiger partial charge on any atom is -0.292 e. The molecule has 1 fully saturated rings. The molecule has 130 valence electrons. The van der Waals surface area contributed by atoms with E-state index in [9.17, 15) is 10.1 Å². The molecule has 4 nitrogen and oxygen atoms in total. The Kier molecular flexibility index (Phi) is 4.79. The number of thioether (sulfide) groups is 1. The summed E-state index contributed by atoms with van der Waals surface area (Å²) in [7, 11) is 0. The molecular weight excluding hydrogens is 342 g/mol. The van der Waals surface area contributed by atoms with Crippen molar-refractivity contribution in [3.8, 4) is 6.07 Å². The molecule has 0 saturated carbocycles. The number of fused-ring (bicyclic) bond motifs is 1. The Morgan fingerprint density at radius 3 is 2.46 bits per heavy atom. The summed E-state index contributed by atoms with van der Waals surface area (Å²) in [5.41, 5.74) is 2.99. The van der Waals surface area contributed by atoms with Crippen molar-refractivity contribution in [2.24, 2.45) is 0 Å². The van der Waals surface area contributed by atoms with Crippen molar-refractivity contribution in [2.45, 2.75) is 18.9 Å². The SMILES string of the molecule is N#CC1=C2SCN(Cc3ccccc3)CN2C(=O)C[C@H]1c1ccccc1. The van der Waals surface area contributed by atoms with Gasteiger partial charge in [0.25, 0.3) is 0 Å². The highest BCUT2D eigenvalue weighted by atomic mass is 32.2. The fourth-order valence-corrected chi connectivity index (χ4v) is 4.66. The molecule has 0 N–H and O–H groups in total. The lowest BCUT2D eigenvalue weighted by atomic mass is 9.86. The van der Waals surface area contributed by atoms with E-state index in [0.717, 1.165) is 28.6 Å². The molecule has 5 heteroatoms. The smallest absolute Gasteiger partial charge is 0.229 e. The van der Waals surface area contributed by atoms with Gasteiger partial charge in [0.2, 0.25) is 5.91 Å². The molecule has 2 aliphatic rings. The molecule has 4 rings (SSSR count). The molecule has 0 radical (unpaired) electrons. The maximum Gasteiger partial charge on any atom is 0.229 e. The van der Waals surface area contributed by atoms with Gasteiger partial charge >= 0.3 is 0 Å². The topological polar surface area (TPSA) is 47.3 Å². The molecule has 1 atom stereocenters.